The average molecular weight is 375 g/mol. The Morgan fingerprint density at radius 1 is 1.12 bits per heavy atom. The van der Waals surface area contributed by atoms with Crippen molar-refractivity contribution in [1.82, 2.24) is 5.43 Å². The molecule has 2 amide bonds. The third-order valence-corrected chi connectivity index (χ3v) is 3.43. The lowest BCUT2D eigenvalue weighted by Crippen LogP contribution is -2.20. The Labute approximate surface area is 154 Å². The molecule has 0 aromatic heterocycles. The number of nitrogens with zero attached hydrogens (tertiary/aromatic N) is 2. The van der Waals surface area contributed by atoms with E-state index in [0.717, 1.165) is 0 Å². The van der Waals surface area contributed by atoms with Crippen LogP contribution >= 0.6 is 11.6 Å². The van der Waals surface area contributed by atoms with Gasteiger partial charge in [-0.3, -0.25) is 19.7 Å². The number of carbonyl (C=O) groups excluding carboxylic acids is 2. The average Bonchev–Trinajstić information content (AvgIpc) is 2.60. The van der Waals surface area contributed by atoms with Crippen molar-refractivity contribution >= 4 is 41.0 Å². The molecule has 0 aliphatic carbocycles. The molecule has 0 heterocycles. The Hall–Kier alpha value is -3.26. The van der Waals surface area contributed by atoms with Gasteiger partial charge in [-0.2, -0.15) is 5.10 Å². The lowest BCUT2D eigenvalue weighted by Gasteiger charge is -2.05. The van der Waals surface area contributed by atoms with E-state index in [1.54, 1.807) is 24.3 Å². The van der Waals surface area contributed by atoms with E-state index in [9.17, 15) is 19.7 Å². The second kappa shape index (κ2) is 9.28. The fraction of sp³-hybridized carbons (Fsp3) is 0.118. The van der Waals surface area contributed by atoms with Crippen LogP contribution in [0.3, 0.4) is 0 Å². The minimum absolute atomic E-state index is 0.00853. The van der Waals surface area contributed by atoms with E-state index < -0.39 is 10.8 Å². The highest BCUT2D eigenvalue weighted by Crippen LogP contribution is 2.15. The zero-order valence-electron chi connectivity index (χ0n) is 13.5. The molecule has 2 rings (SSSR count). The highest BCUT2D eigenvalue weighted by Gasteiger charge is 2.07. The van der Waals surface area contributed by atoms with Gasteiger partial charge in [-0.1, -0.05) is 17.7 Å². The lowest BCUT2D eigenvalue weighted by atomic mass is 10.2. The number of rotatable bonds is 7. The lowest BCUT2D eigenvalue weighted by molar-refractivity contribution is -0.384. The summed E-state index contributed by atoms with van der Waals surface area (Å²) in [6.07, 6.45) is 1.31. The van der Waals surface area contributed by atoms with Crippen LogP contribution < -0.4 is 10.7 Å². The fourth-order valence-corrected chi connectivity index (χ4v) is 2.12. The van der Waals surface area contributed by atoms with E-state index in [4.69, 9.17) is 11.6 Å². The largest absolute Gasteiger partial charge is 0.326 e. The zero-order valence-corrected chi connectivity index (χ0v) is 14.3. The molecule has 0 unspecified atom stereocenters. The quantitative estimate of drug-likeness (QED) is 0.440. The van der Waals surface area contributed by atoms with Crippen LogP contribution in [0.5, 0.6) is 0 Å². The third-order valence-electron chi connectivity index (χ3n) is 3.19. The van der Waals surface area contributed by atoms with E-state index in [1.807, 2.05) is 0 Å². The molecule has 0 aliphatic heterocycles. The molecule has 0 atom stereocenters. The van der Waals surface area contributed by atoms with Gasteiger partial charge in [-0.15, -0.1) is 0 Å². The van der Waals surface area contributed by atoms with Gasteiger partial charge in [0.1, 0.15) is 0 Å². The predicted molar refractivity (Wildman–Crippen MR) is 98.1 cm³/mol. The summed E-state index contributed by atoms with van der Waals surface area (Å²) in [6.45, 7) is 0. The Morgan fingerprint density at radius 2 is 1.81 bits per heavy atom. The molecule has 0 aliphatic rings. The molecule has 0 fully saturated rings. The van der Waals surface area contributed by atoms with E-state index in [0.29, 0.717) is 16.3 Å². The molecule has 0 spiro atoms. The second-order valence-corrected chi connectivity index (χ2v) is 5.64. The van der Waals surface area contributed by atoms with Crippen molar-refractivity contribution in [3.63, 3.8) is 0 Å². The first-order valence-electron chi connectivity index (χ1n) is 7.56. The molecule has 2 aromatic carbocycles. The summed E-state index contributed by atoms with van der Waals surface area (Å²) in [6, 6.07) is 12.4. The van der Waals surface area contributed by atoms with Crippen LogP contribution in [0, 0.1) is 10.1 Å². The van der Waals surface area contributed by atoms with Crippen LogP contribution in [0.15, 0.2) is 53.6 Å². The molecular weight excluding hydrogens is 360 g/mol. The van der Waals surface area contributed by atoms with Gasteiger partial charge in [0, 0.05) is 35.7 Å². The first kappa shape index (κ1) is 19.1. The molecule has 134 valence electrons. The van der Waals surface area contributed by atoms with Gasteiger partial charge in [0.2, 0.25) is 11.8 Å². The number of nitrogens with one attached hydrogen (secondary N) is 2. The number of hydrogen-bond acceptors (Lipinski definition) is 5. The van der Waals surface area contributed by atoms with Crippen LogP contribution in [0.2, 0.25) is 5.02 Å². The van der Waals surface area contributed by atoms with E-state index in [1.165, 1.54) is 30.5 Å². The smallest absolute Gasteiger partial charge is 0.269 e. The van der Waals surface area contributed by atoms with Crippen LogP contribution in [0.1, 0.15) is 18.4 Å². The molecule has 8 nitrogen and oxygen atoms in total. The number of halogens is 1. The van der Waals surface area contributed by atoms with Crippen LogP contribution in [0.4, 0.5) is 11.4 Å². The SMILES string of the molecule is O=C(CCC(=O)Nc1cccc(Cl)c1)N/N=C/c1ccc([N+](=O)[O-])cc1. The number of amides is 2. The monoisotopic (exact) mass is 374 g/mol. The first-order chi connectivity index (χ1) is 12.4. The highest BCUT2D eigenvalue weighted by atomic mass is 35.5. The third kappa shape index (κ3) is 6.33. The van der Waals surface area contributed by atoms with Crippen molar-refractivity contribution in [2.45, 2.75) is 12.8 Å². The van der Waals surface area contributed by atoms with E-state index in [-0.39, 0.29) is 24.4 Å². The summed E-state index contributed by atoms with van der Waals surface area (Å²) < 4.78 is 0. The Bertz CT molecular complexity index is 837. The number of benzene rings is 2. The number of hydrogen-bond donors (Lipinski definition) is 2. The summed E-state index contributed by atoms with van der Waals surface area (Å²) in [4.78, 5) is 33.5. The summed E-state index contributed by atoms with van der Waals surface area (Å²) in [7, 11) is 0. The maximum atomic E-state index is 11.8. The summed E-state index contributed by atoms with van der Waals surface area (Å²) >= 11 is 5.82. The number of anilines is 1. The molecule has 0 bridgehead atoms. The first-order valence-corrected chi connectivity index (χ1v) is 7.93. The standard InChI is InChI=1S/C17H15ClN4O4/c18-13-2-1-3-14(10-13)20-16(23)8-9-17(24)21-19-11-12-4-6-15(7-5-12)22(25)26/h1-7,10-11H,8-9H2,(H,20,23)(H,21,24)/b19-11+. The van der Waals surface area contributed by atoms with Crippen molar-refractivity contribution in [1.29, 1.82) is 0 Å². The number of carbonyl (C=O) groups is 2. The Morgan fingerprint density at radius 3 is 2.46 bits per heavy atom. The van der Waals surface area contributed by atoms with Crippen LogP contribution in [-0.2, 0) is 9.59 Å². The Kier molecular flexibility index (Phi) is 6.81. The molecule has 26 heavy (non-hydrogen) atoms. The minimum atomic E-state index is -0.503. The van der Waals surface area contributed by atoms with Gasteiger partial charge in [-0.25, -0.2) is 5.43 Å². The van der Waals surface area contributed by atoms with Crippen molar-refractivity contribution in [2.24, 2.45) is 5.10 Å². The minimum Gasteiger partial charge on any atom is -0.326 e. The zero-order chi connectivity index (χ0) is 18.9. The topological polar surface area (TPSA) is 114 Å². The summed E-state index contributed by atoms with van der Waals surface area (Å²) in [5.74, 6) is -0.744. The van der Waals surface area contributed by atoms with E-state index >= 15 is 0 Å². The number of nitro benzene ring substituents is 1. The molecule has 0 radical (unpaired) electrons. The predicted octanol–water partition coefficient (Wildman–Crippen LogP) is 3.12. The van der Waals surface area contributed by atoms with E-state index in [2.05, 4.69) is 15.8 Å². The molecular formula is C17H15ClN4O4. The van der Waals surface area contributed by atoms with Crippen LogP contribution in [-0.4, -0.2) is 23.0 Å². The fourth-order valence-electron chi connectivity index (χ4n) is 1.93. The molecule has 9 heteroatoms. The highest BCUT2D eigenvalue weighted by molar-refractivity contribution is 6.30. The van der Waals surface area contributed by atoms with Crippen molar-refractivity contribution < 1.29 is 14.5 Å². The molecule has 0 saturated carbocycles. The number of nitro groups is 1. The van der Waals surface area contributed by atoms with Gasteiger partial charge in [-0.05, 0) is 35.9 Å². The number of non-ortho nitro benzene ring substituents is 1. The number of hydrazone groups is 1. The maximum Gasteiger partial charge on any atom is 0.269 e. The normalized spacial score (nSPS) is 10.5. The van der Waals surface area contributed by atoms with Crippen molar-refractivity contribution in [3.8, 4) is 0 Å². The summed E-state index contributed by atoms with van der Waals surface area (Å²) in [5.41, 5.74) is 3.41. The molecule has 2 N–H and O–H groups in total. The van der Waals surface area contributed by atoms with Gasteiger partial charge >= 0.3 is 0 Å². The summed E-state index contributed by atoms with van der Waals surface area (Å²) in [5, 5.41) is 17.4. The van der Waals surface area contributed by atoms with Gasteiger partial charge in [0.15, 0.2) is 0 Å². The van der Waals surface area contributed by atoms with Crippen molar-refractivity contribution in [3.05, 3.63) is 69.2 Å². The maximum absolute atomic E-state index is 11.8. The van der Waals surface area contributed by atoms with Gasteiger partial charge in [0.25, 0.3) is 5.69 Å². The van der Waals surface area contributed by atoms with Gasteiger partial charge in [0.05, 0.1) is 11.1 Å². The van der Waals surface area contributed by atoms with Gasteiger partial charge < -0.3 is 5.32 Å². The van der Waals surface area contributed by atoms with Crippen LogP contribution in [0.25, 0.3) is 0 Å². The molecule has 2 aromatic rings. The van der Waals surface area contributed by atoms with Crippen molar-refractivity contribution in [2.75, 3.05) is 5.32 Å². The molecule has 0 saturated heterocycles. The second-order valence-electron chi connectivity index (χ2n) is 5.20. The Balaban J connectivity index is 1.74.